The summed E-state index contributed by atoms with van der Waals surface area (Å²) in [5.74, 6) is -0.850. The fraction of sp³-hybridized carbons (Fsp3) is 0.448. The first-order valence-corrected chi connectivity index (χ1v) is 13.1. The number of amides is 3. The first-order valence-electron chi connectivity index (χ1n) is 13.1. The van der Waals surface area contributed by atoms with Gasteiger partial charge in [-0.1, -0.05) is 60.7 Å². The average molecular weight is 520 g/mol. The molecular formula is C29H37N5O4. The Labute approximate surface area is 224 Å². The molecule has 2 aromatic carbocycles. The molecule has 3 amide bonds. The first-order chi connectivity index (χ1) is 18.1. The zero-order chi connectivity index (χ0) is 27.3. The SMILES string of the molecule is CCN1N=C2CCN(C(=O)[C@@H](COCc3ccccc3)NC(=O)C(C)(C)N)C[C@@]2(Cc2ccccc2)C1=O. The molecule has 4 rings (SSSR count). The first kappa shape index (κ1) is 27.5. The van der Waals surface area contributed by atoms with Gasteiger partial charge in [0.15, 0.2) is 0 Å². The van der Waals surface area contributed by atoms with Crippen molar-refractivity contribution in [2.75, 3.05) is 26.2 Å². The molecule has 0 spiro atoms. The molecule has 9 heteroatoms. The molecule has 0 unspecified atom stereocenters. The van der Waals surface area contributed by atoms with Crippen molar-refractivity contribution in [3.05, 3.63) is 71.8 Å². The number of rotatable bonds is 10. The van der Waals surface area contributed by atoms with Crippen molar-refractivity contribution in [2.24, 2.45) is 16.3 Å². The van der Waals surface area contributed by atoms with Gasteiger partial charge in [0, 0.05) is 26.1 Å². The second-order valence-corrected chi connectivity index (χ2v) is 10.6. The molecule has 0 aliphatic carbocycles. The van der Waals surface area contributed by atoms with Crippen LogP contribution in [0.5, 0.6) is 0 Å². The summed E-state index contributed by atoms with van der Waals surface area (Å²) in [4.78, 5) is 41.9. The van der Waals surface area contributed by atoms with Crippen molar-refractivity contribution in [3.63, 3.8) is 0 Å². The van der Waals surface area contributed by atoms with E-state index in [-0.39, 0.29) is 25.0 Å². The lowest BCUT2D eigenvalue weighted by Crippen LogP contribution is -2.61. The van der Waals surface area contributed by atoms with Gasteiger partial charge in [-0.25, -0.2) is 5.01 Å². The van der Waals surface area contributed by atoms with E-state index in [4.69, 9.17) is 10.5 Å². The van der Waals surface area contributed by atoms with Crippen molar-refractivity contribution < 1.29 is 19.1 Å². The third kappa shape index (κ3) is 5.95. The molecule has 0 aromatic heterocycles. The van der Waals surface area contributed by atoms with E-state index >= 15 is 0 Å². The van der Waals surface area contributed by atoms with E-state index < -0.39 is 22.9 Å². The molecule has 0 radical (unpaired) electrons. The van der Waals surface area contributed by atoms with Gasteiger partial charge in [-0.3, -0.25) is 14.4 Å². The van der Waals surface area contributed by atoms with E-state index in [0.29, 0.717) is 32.5 Å². The molecule has 2 heterocycles. The van der Waals surface area contributed by atoms with Crippen molar-refractivity contribution >= 4 is 23.4 Å². The maximum Gasteiger partial charge on any atom is 0.256 e. The molecule has 3 N–H and O–H groups in total. The molecule has 9 nitrogen and oxygen atoms in total. The van der Waals surface area contributed by atoms with E-state index in [9.17, 15) is 14.4 Å². The van der Waals surface area contributed by atoms with Crippen LogP contribution in [0, 0.1) is 5.41 Å². The Morgan fingerprint density at radius 3 is 2.34 bits per heavy atom. The lowest BCUT2D eigenvalue weighted by Gasteiger charge is -2.41. The third-order valence-electron chi connectivity index (χ3n) is 7.06. The Kier molecular flexibility index (Phi) is 8.28. The number of nitrogens with zero attached hydrogens (tertiary/aromatic N) is 3. The van der Waals surface area contributed by atoms with E-state index in [2.05, 4.69) is 10.4 Å². The maximum absolute atomic E-state index is 13.9. The lowest BCUT2D eigenvalue weighted by molar-refractivity contribution is -0.144. The van der Waals surface area contributed by atoms with Crippen molar-refractivity contribution in [1.29, 1.82) is 0 Å². The Morgan fingerprint density at radius 2 is 1.74 bits per heavy atom. The van der Waals surface area contributed by atoms with Crippen molar-refractivity contribution in [2.45, 2.75) is 51.8 Å². The van der Waals surface area contributed by atoms with Crippen LogP contribution in [-0.4, -0.2) is 71.2 Å². The molecule has 202 valence electrons. The summed E-state index contributed by atoms with van der Waals surface area (Å²) in [5.41, 5.74) is 6.67. The van der Waals surface area contributed by atoms with Gasteiger partial charge in [0.1, 0.15) is 11.5 Å². The molecule has 1 saturated heterocycles. The predicted octanol–water partition coefficient (Wildman–Crippen LogP) is 2.10. The topological polar surface area (TPSA) is 117 Å². The van der Waals surface area contributed by atoms with Crippen LogP contribution >= 0.6 is 0 Å². The average Bonchev–Trinajstić information content (AvgIpc) is 3.18. The molecule has 0 saturated carbocycles. The Bertz CT molecular complexity index is 1180. The second-order valence-electron chi connectivity index (χ2n) is 10.6. The molecule has 38 heavy (non-hydrogen) atoms. The van der Waals surface area contributed by atoms with Crippen molar-refractivity contribution in [1.82, 2.24) is 15.2 Å². The number of benzene rings is 2. The van der Waals surface area contributed by atoms with Crippen LogP contribution in [0.15, 0.2) is 65.8 Å². The number of piperidine rings is 1. The summed E-state index contributed by atoms with van der Waals surface area (Å²) in [6, 6.07) is 18.5. The van der Waals surface area contributed by atoms with Gasteiger partial charge in [0.05, 0.1) is 24.5 Å². The molecule has 1 fully saturated rings. The number of likely N-dealkylation sites (tertiary alicyclic amines) is 1. The Hall–Kier alpha value is -3.56. The summed E-state index contributed by atoms with van der Waals surface area (Å²) in [6.45, 7) is 6.39. The van der Waals surface area contributed by atoms with Crippen LogP contribution in [-0.2, 0) is 32.1 Å². The van der Waals surface area contributed by atoms with Gasteiger partial charge in [-0.05, 0) is 38.3 Å². The molecule has 2 aliphatic heterocycles. The Balaban J connectivity index is 1.56. The molecule has 0 bridgehead atoms. The lowest BCUT2D eigenvalue weighted by atomic mass is 9.73. The quantitative estimate of drug-likeness (QED) is 0.499. The largest absolute Gasteiger partial charge is 0.374 e. The normalized spacial score (nSPS) is 20.1. The van der Waals surface area contributed by atoms with Crippen molar-refractivity contribution in [3.8, 4) is 0 Å². The number of hydrogen-bond acceptors (Lipinski definition) is 6. The van der Waals surface area contributed by atoms with E-state index in [1.165, 1.54) is 5.01 Å². The van der Waals surface area contributed by atoms with Gasteiger partial charge in [-0.15, -0.1) is 0 Å². The maximum atomic E-state index is 13.9. The minimum absolute atomic E-state index is 0.0201. The van der Waals surface area contributed by atoms with Crippen LogP contribution in [0.3, 0.4) is 0 Å². The van der Waals surface area contributed by atoms with Crippen LogP contribution < -0.4 is 11.1 Å². The van der Waals surface area contributed by atoms with Gasteiger partial charge >= 0.3 is 0 Å². The van der Waals surface area contributed by atoms with Crippen LogP contribution in [0.25, 0.3) is 0 Å². The number of nitrogens with two attached hydrogens (primary N) is 1. The number of nitrogens with one attached hydrogen (secondary N) is 1. The second kappa shape index (κ2) is 11.4. The van der Waals surface area contributed by atoms with E-state index in [0.717, 1.165) is 16.8 Å². The molecule has 2 aliphatic rings. The number of ether oxygens (including phenoxy) is 1. The summed E-state index contributed by atoms with van der Waals surface area (Å²) >= 11 is 0. The van der Waals surface area contributed by atoms with Gasteiger partial charge in [-0.2, -0.15) is 5.10 Å². The van der Waals surface area contributed by atoms with Crippen LogP contribution in [0.2, 0.25) is 0 Å². The minimum atomic E-state index is -1.17. The summed E-state index contributed by atoms with van der Waals surface area (Å²) in [6.07, 6.45) is 0.928. The highest BCUT2D eigenvalue weighted by Crippen LogP contribution is 2.38. The third-order valence-corrected chi connectivity index (χ3v) is 7.06. The highest BCUT2D eigenvalue weighted by Gasteiger charge is 2.54. The smallest absolute Gasteiger partial charge is 0.256 e. The number of carbonyl (C=O) groups excluding carboxylic acids is 3. The van der Waals surface area contributed by atoms with E-state index in [1.54, 1.807) is 18.7 Å². The zero-order valence-electron chi connectivity index (χ0n) is 22.4. The number of hydrogen-bond donors (Lipinski definition) is 2. The molecule has 2 aromatic rings. The van der Waals surface area contributed by atoms with Gasteiger partial charge in [0.2, 0.25) is 11.8 Å². The predicted molar refractivity (Wildman–Crippen MR) is 145 cm³/mol. The monoisotopic (exact) mass is 519 g/mol. The van der Waals surface area contributed by atoms with E-state index in [1.807, 2.05) is 67.6 Å². The summed E-state index contributed by atoms with van der Waals surface area (Å²) in [7, 11) is 0. The highest BCUT2D eigenvalue weighted by atomic mass is 16.5. The standard InChI is InChI=1S/C29H37N5O4/c1-4-34-27(37)29(17-21-11-7-5-8-12-21)20-33(16-15-24(29)32-34)25(35)23(31-26(36)28(2,3)30)19-38-18-22-13-9-6-10-14-22/h5-14,23H,4,15-20,30H2,1-3H3,(H,31,36)/t23-,29-/m1/s1. The van der Waals surface area contributed by atoms with Gasteiger partial charge in [0.25, 0.3) is 5.91 Å². The highest BCUT2D eigenvalue weighted by molar-refractivity contribution is 6.13. The molecule has 2 atom stereocenters. The summed E-state index contributed by atoms with van der Waals surface area (Å²) < 4.78 is 5.87. The van der Waals surface area contributed by atoms with Crippen LogP contribution in [0.4, 0.5) is 0 Å². The number of carbonyl (C=O) groups is 3. The van der Waals surface area contributed by atoms with Gasteiger partial charge < -0.3 is 20.7 Å². The summed E-state index contributed by atoms with van der Waals surface area (Å²) in [5, 5.41) is 8.92. The zero-order valence-corrected chi connectivity index (χ0v) is 22.4. The van der Waals surface area contributed by atoms with Crippen LogP contribution in [0.1, 0.15) is 38.3 Å². The Morgan fingerprint density at radius 1 is 1.11 bits per heavy atom. The number of hydrazone groups is 1. The minimum Gasteiger partial charge on any atom is -0.374 e. The fourth-order valence-electron chi connectivity index (χ4n) is 4.94. The fourth-order valence-corrected chi connectivity index (χ4v) is 4.94. The molecular weight excluding hydrogens is 482 g/mol. The number of fused-ring (bicyclic) bond motifs is 1.